The van der Waals surface area contributed by atoms with Gasteiger partial charge in [-0.15, -0.1) is 0 Å². The van der Waals surface area contributed by atoms with Gasteiger partial charge in [-0.1, -0.05) is 67.7 Å². The third kappa shape index (κ3) is 3.59. The number of rotatable bonds is 4. The Kier molecular flexibility index (Phi) is 5.43. The Morgan fingerprint density at radius 3 is 2.47 bits per heavy atom. The fourth-order valence-electron chi connectivity index (χ4n) is 2.03. The normalized spacial score (nSPS) is 12.4. The first-order valence-electron chi connectivity index (χ1n) is 5.86. The van der Waals surface area contributed by atoms with E-state index >= 15 is 0 Å². The summed E-state index contributed by atoms with van der Waals surface area (Å²) in [6.45, 7) is 0. The van der Waals surface area contributed by atoms with Gasteiger partial charge in [0.2, 0.25) is 0 Å². The standard InChI is InChI=1S/C15H12Br2ClF/c16-9-10(11-4-1-2-5-13(11)17)8-12-14(18)6-3-7-15(12)19/h1-7,10H,8-9H2. The highest BCUT2D eigenvalue weighted by Crippen LogP contribution is 2.32. The molecule has 0 saturated carbocycles. The van der Waals surface area contributed by atoms with Gasteiger partial charge in [0.1, 0.15) is 5.82 Å². The highest BCUT2D eigenvalue weighted by molar-refractivity contribution is 9.10. The Bertz CT molecular complexity index is 552. The molecule has 0 aromatic heterocycles. The predicted octanol–water partition coefficient (Wildman–Crippen LogP) is 5.96. The minimum Gasteiger partial charge on any atom is -0.207 e. The summed E-state index contributed by atoms with van der Waals surface area (Å²) in [4.78, 5) is 0. The molecule has 0 N–H and O–H groups in total. The molecule has 0 aliphatic rings. The van der Waals surface area contributed by atoms with Crippen LogP contribution in [0.2, 0.25) is 5.02 Å². The third-order valence-electron chi connectivity index (χ3n) is 3.04. The van der Waals surface area contributed by atoms with Crippen molar-refractivity contribution in [1.82, 2.24) is 0 Å². The van der Waals surface area contributed by atoms with Gasteiger partial charge in [-0.25, -0.2) is 4.39 Å². The van der Waals surface area contributed by atoms with Crippen LogP contribution in [0.15, 0.2) is 46.9 Å². The molecule has 100 valence electrons. The van der Waals surface area contributed by atoms with Crippen LogP contribution < -0.4 is 0 Å². The quantitative estimate of drug-likeness (QED) is 0.550. The van der Waals surface area contributed by atoms with Crippen molar-refractivity contribution in [2.24, 2.45) is 0 Å². The molecular formula is C15H12Br2ClF. The van der Waals surface area contributed by atoms with E-state index in [9.17, 15) is 4.39 Å². The first kappa shape index (κ1) is 15.0. The second-order valence-corrected chi connectivity index (χ2v) is 6.19. The van der Waals surface area contributed by atoms with Crippen LogP contribution in [-0.2, 0) is 6.42 Å². The van der Waals surface area contributed by atoms with Crippen LogP contribution in [0.25, 0.3) is 0 Å². The number of halogens is 4. The highest BCUT2D eigenvalue weighted by Gasteiger charge is 2.17. The maximum Gasteiger partial charge on any atom is 0.127 e. The lowest BCUT2D eigenvalue weighted by Crippen LogP contribution is -2.07. The van der Waals surface area contributed by atoms with E-state index in [1.807, 2.05) is 24.3 Å². The summed E-state index contributed by atoms with van der Waals surface area (Å²) in [6.07, 6.45) is 0.569. The van der Waals surface area contributed by atoms with Gasteiger partial charge in [-0.3, -0.25) is 0 Å². The van der Waals surface area contributed by atoms with Gasteiger partial charge in [0.05, 0.1) is 0 Å². The number of alkyl halides is 1. The molecule has 0 nitrogen and oxygen atoms in total. The smallest absolute Gasteiger partial charge is 0.127 e. The maximum atomic E-state index is 13.9. The van der Waals surface area contributed by atoms with Gasteiger partial charge in [0, 0.05) is 20.4 Å². The molecule has 0 saturated heterocycles. The minimum absolute atomic E-state index is 0.171. The van der Waals surface area contributed by atoms with Gasteiger partial charge in [0.25, 0.3) is 0 Å². The van der Waals surface area contributed by atoms with E-state index in [1.165, 1.54) is 6.07 Å². The lowest BCUT2D eigenvalue weighted by atomic mass is 9.93. The summed E-state index contributed by atoms with van der Waals surface area (Å²) in [6, 6.07) is 12.8. The van der Waals surface area contributed by atoms with E-state index in [-0.39, 0.29) is 11.7 Å². The number of hydrogen-bond acceptors (Lipinski definition) is 0. The first-order valence-corrected chi connectivity index (χ1v) is 8.16. The van der Waals surface area contributed by atoms with Crippen molar-refractivity contribution in [3.63, 3.8) is 0 Å². The molecule has 0 radical (unpaired) electrons. The summed E-state index contributed by atoms with van der Waals surface area (Å²) >= 11 is 13.1. The first-order chi connectivity index (χ1) is 9.13. The molecule has 1 atom stereocenters. The summed E-state index contributed by atoms with van der Waals surface area (Å²) in [5, 5.41) is 1.23. The second-order valence-electron chi connectivity index (χ2n) is 4.28. The van der Waals surface area contributed by atoms with Crippen molar-refractivity contribution in [3.05, 3.63) is 68.9 Å². The average molecular weight is 407 g/mol. The Morgan fingerprint density at radius 1 is 1.11 bits per heavy atom. The summed E-state index contributed by atoms with van der Waals surface area (Å²) < 4.78 is 14.9. The van der Waals surface area contributed by atoms with Gasteiger partial charge in [-0.2, -0.15) is 0 Å². The van der Waals surface area contributed by atoms with Crippen LogP contribution in [0.1, 0.15) is 17.0 Å². The Labute approximate surface area is 134 Å². The molecule has 0 amide bonds. The molecule has 2 aromatic carbocycles. The average Bonchev–Trinajstić information content (AvgIpc) is 2.40. The molecule has 0 heterocycles. The molecule has 2 aromatic rings. The Balaban J connectivity index is 2.32. The van der Waals surface area contributed by atoms with Gasteiger partial charge < -0.3 is 0 Å². The molecule has 0 bridgehead atoms. The topological polar surface area (TPSA) is 0 Å². The maximum absolute atomic E-state index is 13.9. The van der Waals surface area contributed by atoms with Gasteiger partial charge in [0.15, 0.2) is 0 Å². The SMILES string of the molecule is Fc1cccc(Cl)c1CC(CBr)c1ccccc1Br. The van der Waals surface area contributed by atoms with E-state index in [0.717, 1.165) is 15.4 Å². The fraction of sp³-hybridized carbons (Fsp3) is 0.200. The Morgan fingerprint density at radius 2 is 1.84 bits per heavy atom. The summed E-state index contributed by atoms with van der Waals surface area (Å²) in [7, 11) is 0. The lowest BCUT2D eigenvalue weighted by molar-refractivity contribution is 0.599. The van der Waals surface area contributed by atoms with Crippen molar-refractivity contribution in [2.45, 2.75) is 12.3 Å². The number of hydrogen-bond donors (Lipinski definition) is 0. The van der Waals surface area contributed by atoms with E-state index in [0.29, 0.717) is 17.0 Å². The molecule has 0 aliphatic carbocycles. The molecule has 4 heteroatoms. The predicted molar refractivity (Wildman–Crippen MR) is 85.8 cm³/mol. The van der Waals surface area contributed by atoms with Crippen LogP contribution >= 0.6 is 43.5 Å². The zero-order valence-corrected chi connectivity index (χ0v) is 14.0. The lowest BCUT2D eigenvalue weighted by Gasteiger charge is -2.17. The van der Waals surface area contributed by atoms with E-state index in [2.05, 4.69) is 31.9 Å². The van der Waals surface area contributed by atoms with Crippen molar-refractivity contribution < 1.29 is 4.39 Å². The monoisotopic (exact) mass is 404 g/mol. The van der Waals surface area contributed by atoms with Gasteiger partial charge in [-0.05, 0) is 36.1 Å². The van der Waals surface area contributed by atoms with Crippen molar-refractivity contribution in [2.75, 3.05) is 5.33 Å². The van der Waals surface area contributed by atoms with Crippen LogP contribution in [0, 0.1) is 5.82 Å². The molecule has 0 aliphatic heterocycles. The molecule has 0 spiro atoms. The van der Waals surface area contributed by atoms with Crippen LogP contribution in [0.3, 0.4) is 0 Å². The van der Waals surface area contributed by atoms with Crippen molar-refractivity contribution in [1.29, 1.82) is 0 Å². The van der Waals surface area contributed by atoms with Crippen molar-refractivity contribution in [3.8, 4) is 0 Å². The summed E-state index contributed by atoms with van der Waals surface area (Å²) in [5.74, 6) is -0.0736. The highest BCUT2D eigenvalue weighted by atomic mass is 79.9. The molecule has 1 unspecified atom stereocenters. The van der Waals surface area contributed by atoms with Crippen LogP contribution in [0.4, 0.5) is 4.39 Å². The molecule has 2 rings (SSSR count). The second kappa shape index (κ2) is 6.87. The van der Waals surface area contributed by atoms with E-state index in [1.54, 1.807) is 12.1 Å². The van der Waals surface area contributed by atoms with Gasteiger partial charge >= 0.3 is 0 Å². The fourth-order valence-corrected chi connectivity index (χ4v) is 3.45. The summed E-state index contributed by atoms with van der Waals surface area (Å²) in [5.41, 5.74) is 1.73. The zero-order chi connectivity index (χ0) is 13.8. The molecule has 0 fully saturated rings. The van der Waals surface area contributed by atoms with E-state index in [4.69, 9.17) is 11.6 Å². The minimum atomic E-state index is -0.245. The largest absolute Gasteiger partial charge is 0.207 e. The van der Waals surface area contributed by atoms with E-state index < -0.39 is 0 Å². The Hall–Kier alpha value is -0.380. The number of benzene rings is 2. The zero-order valence-electron chi connectivity index (χ0n) is 10.0. The van der Waals surface area contributed by atoms with Crippen LogP contribution in [-0.4, -0.2) is 5.33 Å². The third-order valence-corrected chi connectivity index (χ3v) is 4.90. The molecule has 19 heavy (non-hydrogen) atoms. The molecular weight excluding hydrogens is 394 g/mol. The van der Waals surface area contributed by atoms with Crippen LogP contribution in [0.5, 0.6) is 0 Å². The van der Waals surface area contributed by atoms with Crippen molar-refractivity contribution >= 4 is 43.5 Å².